The molecule has 3 aromatic rings. The maximum atomic E-state index is 5.81. The minimum Gasteiger partial charge on any atom is -0.372 e. The Hall–Kier alpha value is -2.40. The van der Waals surface area contributed by atoms with Crippen LogP contribution in [0.3, 0.4) is 0 Å². The number of H-pyrrole nitrogens is 1. The summed E-state index contributed by atoms with van der Waals surface area (Å²) in [7, 11) is 0. The molecule has 118 valence electrons. The number of pyridine rings is 1. The molecule has 4 rings (SSSR count). The highest BCUT2D eigenvalue weighted by Gasteiger charge is 2.23. The number of fused-ring (bicyclic) bond motifs is 1. The van der Waals surface area contributed by atoms with Crippen LogP contribution in [0.1, 0.15) is 13.8 Å². The van der Waals surface area contributed by atoms with E-state index in [0.29, 0.717) is 0 Å². The van der Waals surface area contributed by atoms with Crippen LogP contribution in [0.5, 0.6) is 0 Å². The summed E-state index contributed by atoms with van der Waals surface area (Å²) in [5, 5.41) is 8.71. The first-order valence-corrected chi connectivity index (χ1v) is 8.00. The molecule has 1 aliphatic rings. The first-order chi connectivity index (χ1) is 11.2. The van der Waals surface area contributed by atoms with E-state index in [0.717, 1.165) is 41.1 Å². The quantitative estimate of drug-likeness (QED) is 0.789. The van der Waals surface area contributed by atoms with E-state index in [1.54, 1.807) is 0 Å². The minimum absolute atomic E-state index is 0.218. The predicted octanol–water partition coefficient (Wildman–Crippen LogP) is 3.24. The van der Waals surface area contributed by atoms with Gasteiger partial charge in [-0.05, 0) is 32.0 Å². The van der Waals surface area contributed by atoms with Crippen molar-refractivity contribution in [1.82, 2.24) is 15.2 Å². The fraction of sp³-hybridized carbons (Fsp3) is 0.333. The molecule has 5 nitrogen and oxygen atoms in total. The van der Waals surface area contributed by atoms with Crippen LogP contribution in [0, 0.1) is 0 Å². The maximum absolute atomic E-state index is 5.81. The fourth-order valence-electron chi connectivity index (χ4n) is 3.29. The molecule has 2 aromatic heterocycles. The minimum atomic E-state index is 0.218. The Morgan fingerprint density at radius 1 is 1.13 bits per heavy atom. The first kappa shape index (κ1) is 14.2. The van der Waals surface area contributed by atoms with Crippen molar-refractivity contribution < 1.29 is 4.74 Å². The summed E-state index contributed by atoms with van der Waals surface area (Å²) >= 11 is 0. The zero-order valence-corrected chi connectivity index (χ0v) is 13.4. The number of hydrogen-bond acceptors (Lipinski definition) is 4. The number of nitrogens with one attached hydrogen (secondary N) is 1. The van der Waals surface area contributed by atoms with Gasteiger partial charge in [0.2, 0.25) is 0 Å². The molecule has 1 fully saturated rings. The molecule has 1 aliphatic heterocycles. The molecule has 5 heteroatoms. The number of hydrogen-bond donors (Lipinski definition) is 1. The largest absolute Gasteiger partial charge is 0.372 e. The molecule has 1 N–H and O–H groups in total. The summed E-state index contributed by atoms with van der Waals surface area (Å²) < 4.78 is 5.81. The van der Waals surface area contributed by atoms with Crippen molar-refractivity contribution in [3.63, 3.8) is 0 Å². The second-order valence-electron chi connectivity index (χ2n) is 6.18. The third-order valence-corrected chi connectivity index (χ3v) is 4.23. The van der Waals surface area contributed by atoms with E-state index < -0.39 is 0 Å². The van der Waals surface area contributed by atoms with Gasteiger partial charge >= 0.3 is 0 Å². The van der Waals surface area contributed by atoms with Crippen LogP contribution in [0.15, 0.2) is 42.6 Å². The van der Waals surface area contributed by atoms with Gasteiger partial charge in [-0.1, -0.05) is 18.2 Å². The molecule has 0 radical (unpaired) electrons. The molecule has 0 amide bonds. The Balaban J connectivity index is 1.71. The van der Waals surface area contributed by atoms with E-state index in [-0.39, 0.29) is 12.2 Å². The Kier molecular flexibility index (Phi) is 3.50. The predicted molar refractivity (Wildman–Crippen MR) is 91.5 cm³/mol. The van der Waals surface area contributed by atoms with Crippen LogP contribution in [0.2, 0.25) is 0 Å². The van der Waals surface area contributed by atoms with Gasteiger partial charge in [0.05, 0.1) is 17.7 Å². The number of ether oxygens (including phenoxy) is 1. The number of aromatic nitrogens is 3. The highest BCUT2D eigenvalue weighted by Crippen LogP contribution is 2.28. The van der Waals surface area contributed by atoms with E-state index in [9.17, 15) is 0 Å². The van der Waals surface area contributed by atoms with Crippen LogP contribution in [0.4, 0.5) is 5.82 Å². The Morgan fingerprint density at radius 3 is 2.74 bits per heavy atom. The molecule has 2 atom stereocenters. The Labute approximate surface area is 135 Å². The monoisotopic (exact) mass is 308 g/mol. The SMILES string of the molecule is CC1CN(c2cc(-c3n[nH]c4ccccc34)ccn2)CC(C)O1. The number of rotatable bonds is 2. The van der Waals surface area contributed by atoms with Crippen LogP contribution in [-0.2, 0) is 4.74 Å². The van der Waals surface area contributed by atoms with E-state index in [2.05, 4.69) is 46.1 Å². The van der Waals surface area contributed by atoms with Gasteiger partial charge in [-0.15, -0.1) is 0 Å². The second-order valence-corrected chi connectivity index (χ2v) is 6.18. The third kappa shape index (κ3) is 2.68. The number of para-hydroxylation sites is 1. The molecular formula is C18H20N4O. The van der Waals surface area contributed by atoms with Crippen molar-refractivity contribution in [3.05, 3.63) is 42.6 Å². The number of nitrogens with zero attached hydrogens (tertiary/aromatic N) is 3. The summed E-state index contributed by atoms with van der Waals surface area (Å²) in [6.07, 6.45) is 2.30. The molecule has 0 bridgehead atoms. The summed E-state index contributed by atoms with van der Waals surface area (Å²) in [6.45, 7) is 5.94. The lowest BCUT2D eigenvalue weighted by Crippen LogP contribution is -2.45. The number of benzene rings is 1. The van der Waals surface area contributed by atoms with Gasteiger partial charge in [-0.3, -0.25) is 5.10 Å². The topological polar surface area (TPSA) is 54.0 Å². The average molecular weight is 308 g/mol. The maximum Gasteiger partial charge on any atom is 0.129 e. The van der Waals surface area contributed by atoms with Crippen molar-refractivity contribution in [2.75, 3.05) is 18.0 Å². The fourth-order valence-corrected chi connectivity index (χ4v) is 3.29. The Bertz CT molecular complexity index is 819. The zero-order chi connectivity index (χ0) is 15.8. The van der Waals surface area contributed by atoms with Crippen molar-refractivity contribution in [2.24, 2.45) is 0 Å². The highest BCUT2D eigenvalue weighted by atomic mass is 16.5. The lowest BCUT2D eigenvalue weighted by molar-refractivity contribution is -0.00545. The molecule has 0 saturated carbocycles. The van der Waals surface area contributed by atoms with Crippen LogP contribution >= 0.6 is 0 Å². The molecule has 3 heterocycles. The summed E-state index contributed by atoms with van der Waals surface area (Å²) in [4.78, 5) is 6.84. The highest BCUT2D eigenvalue weighted by molar-refractivity contribution is 5.93. The van der Waals surface area contributed by atoms with Crippen LogP contribution in [-0.4, -0.2) is 40.5 Å². The van der Waals surface area contributed by atoms with Gasteiger partial charge in [0.15, 0.2) is 0 Å². The molecule has 23 heavy (non-hydrogen) atoms. The number of anilines is 1. The van der Waals surface area contributed by atoms with Gasteiger partial charge in [0.1, 0.15) is 11.5 Å². The van der Waals surface area contributed by atoms with Crippen LogP contribution in [0.25, 0.3) is 22.2 Å². The average Bonchev–Trinajstić information content (AvgIpc) is 2.98. The van der Waals surface area contributed by atoms with Gasteiger partial charge in [0, 0.05) is 30.2 Å². The Morgan fingerprint density at radius 2 is 1.91 bits per heavy atom. The normalized spacial score (nSPS) is 21.7. The van der Waals surface area contributed by atoms with Crippen molar-refractivity contribution >= 4 is 16.7 Å². The van der Waals surface area contributed by atoms with Crippen molar-refractivity contribution in [1.29, 1.82) is 0 Å². The van der Waals surface area contributed by atoms with Crippen LogP contribution < -0.4 is 4.90 Å². The van der Waals surface area contributed by atoms with E-state index in [4.69, 9.17) is 4.74 Å². The van der Waals surface area contributed by atoms with Gasteiger partial charge < -0.3 is 9.64 Å². The number of aromatic amines is 1. The summed E-state index contributed by atoms with van der Waals surface area (Å²) in [6, 6.07) is 12.3. The second kappa shape index (κ2) is 5.66. The smallest absolute Gasteiger partial charge is 0.129 e. The number of morpholine rings is 1. The standard InChI is InChI=1S/C18H20N4O/c1-12-10-22(11-13(2)23-12)17-9-14(7-8-19-17)18-15-5-3-4-6-16(15)20-21-18/h3-9,12-13H,10-11H2,1-2H3,(H,20,21). The van der Waals surface area contributed by atoms with E-state index >= 15 is 0 Å². The molecule has 1 saturated heterocycles. The molecule has 0 aliphatic carbocycles. The summed E-state index contributed by atoms with van der Waals surface area (Å²) in [5.74, 6) is 0.983. The molecule has 1 aromatic carbocycles. The van der Waals surface area contributed by atoms with Gasteiger partial charge in [-0.2, -0.15) is 5.10 Å². The van der Waals surface area contributed by atoms with Crippen molar-refractivity contribution in [2.45, 2.75) is 26.1 Å². The third-order valence-electron chi connectivity index (χ3n) is 4.23. The lowest BCUT2D eigenvalue weighted by Gasteiger charge is -2.36. The van der Waals surface area contributed by atoms with E-state index in [1.807, 2.05) is 30.5 Å². The zero-order valence-electron chi connectivity index (χ0n) is 13.4. The molecule has 0 spiro atoms. The van der Waals surface area contributed by atoms with Gasteiger partial charge in [-0.25, -0.2) is 4.98 Å². The summed E-state index contributed by atoms with van der Waals surface area (Å²) in [5.41, 5.74) is 3.10. The molecular weight excluding hydrogens is 288 g/mol. The van der Waals surface area contributed by atoms with Crippen molar-refractivity contribution in [3.8, 4) is 11.3 Å². The van der Waals surface area contributed by atoms with Gasteiger partial charge in [0.25, 0.3) is 0 Å². The molecule has 2 unspecified atom stereocenters. The first-order valence-electron chi connectivity index (χ1n) is 8.00. The lowest BCUT2D eigenvalue weighted by atomic mass is 10.1. The van der Waals surface area contributed by atoms with E-state index in [1.165, 1.54) is 0 Å².